The van der Waals surface area contributed by atoms with Crippen molar-refractivity contribution in [1.29, 1.82) is 0 Å². The van der Waals surface area contributed by atoms with Gasteiger partial charge in [0.05, 0.1) is 5.25 Å². The molecule has 2 aromatic rings. The molecule has 0 radical (unpaired) electrons. The van der Waals surface area contributed by atoms with Gasteiger partial charge in [-0.05, 0) is 39.8 Å². The van der Waals surface area contributed by atoms with Crippen LogP contribution in [0, 0.1) is 0 Å². The van der Waals surface area contributed by atoms with Crippen LogP contribution < -0.4 is 5.32 Å². The maximum Gasteiger partial charge on any atom is 0.233 e. The van der Waals surface area contributed by atoms with E-state index in [1.807, 2.05) is 56.5 Å². The van der Waals surface area contributed by atoms with Crippen molar-refractivity contribution >= 4 is 23.3 Å². The molecule has 1 amide bonds. The van der Waals surface area contributed by atoms with Crippen LogP contribution in [0.15, 0.2) is 29.6 Å². The van der Waals surface area contributed by atoms with Crippen LogP contribution in [0.5, 0.6) is 0 Å². The number of thioether (sulfide) groups is 1. The number of fused-ring (bicyclic) bond motifs is 1. The minimum atomic E-state index is -0.223. The molecule has 0 saturated carbocycles. The first-order chi connectivity index (χ1) is 8.87. The predicted octanol–water partition coefficient (Wildman–Crippen LogP) is 2.12. The Morgan fingerprint density at radius 1 is 1.37 bits per heavy atom. The van der Waals surface area contributed by atoms with Gasteiger partial charge in [0.2, 0.25) is 5.91 Å². The lowest BCUT2D eigenvalue weighted by Gasteiger charge is -2.22. The first-order valence-corrected chi connectivity index (χ1v) is 7.03. The molecule has 0 saturated heterocycles. The van der Waals surface area contributed by atoms with E-state index in [2.05, 4.69) is 15.5 Å². The fourth-order valence-corrected chi connectivity index (χ4v) is 2.42. The van der Waals surface area contributed by atoms with Gasteiger partial charge in [-0.3, -0.25) is 9.20 Å². The summed E-state index contributed by atoms with van der Waals surface area (Å²) in [6.07, 6.45) is 1.89. The number of aromatic nitrogens is 3. The molecular formula is C13H18N4OS. The van der Waals surface area contributed by atoms with Crippen molar-refractivity contribution in [2.24, 2.45) is 0 Å². The van der Waals surface area contributed by atoms with Gasteiger partial charge in [0.15, 0.2) is 10.8 Å². The highest BCUT2D eigenvalue weighted by Crippen LogP contribution is 2.22. The van der Waals surface area contributed by atoms with Gasteiger partial charge in [0.25, 0.3) is 0 Å². The average molecular weight is 278 g/mol. The van der Waals surface area contributed by atoms with Gasteiger partial charge in [-0.15, -0.1) is 10.2 Å². The van der Waals surface area contributed by atoms with Gasteiger partial charge < -0.3 is 5.32 Å². The Balaban J connectivity index is 2.10. The number of hydrogen-bond donors (Lipinski definition) is 1. The molecule has 1 unspecified atom stereocenters. The van der Waals surface area contributed by atoms with Gasteiger partial charge in [0.1, 0.15) is 0 Å². The molecule has 0 aliphatic heterocycles. The molecule has 2 heterocycles. The topological polar surface area (TPSA) is 59.3 Å². The normalized spacial score (nSPS) is 13.5. The average Bonchev–Trinajstić information content (AvgIpc) is 2.70. The second-order valence-corrected chi connectivity index (χ2v) is 6.72. The lowest BCUT2D eigenvalue weighted by Crippen LogP contribution is -2.44. The van der Waals surface area contributed by atoms with Gasteiger partial charge in [0, 0.05) is 11.7 Å². The van der Waals surface area contributed by atoms with E-state index in [1.165, 1.54) is 11.8 Å². The van der Waals surface area contributed by atoms with Crippen molar-refractivity contribution in [2.45, 2.75) is 43.6 Å². The summed E-state index contributed by atoms with van der Waals surface area (Å²) in [5.74, 6) is 0.00480. The number of carbonyl (C=O) groups is 1. The third-order valence-corrected chi connectivity index (χ3v) is 3.49. The van der Waals surface area contributed by atoms with Gasteiger partial charge in [-0.2, -0.15) is 0 Å². The van der Waals surface area contributed by atoms with E-state index in [4.69, 9.17) is 0 Å². The Morgan fingerprint density at radius 3 is 2.79 bits per heavy atom. The van der Waals surface area contributed by atoms with Crippen LogP contribution in [0.25, 0.3) is 5.65 Å². The monoisotopic (exact) mass is 278 g/mol. The second kappa shape index (κ2) is 5.21. The summed E-state index contributed by atoms with van der Waals surface area (Å²) in [5.41, 5.74) is 0.562. The third-order valence-electron chi connectivity index (χ3n) is 2.43. The molecule has 0 aliphatic carbocycles. The number of pyridine rings is 1. The lowest BCUT2D eigenvalue weighted by molar-refractivity contribution is -0.121. The number of amides is 1. The lowest BCUT2D eigenvalue weighted by atomic mass is 10.1. The van der Waals surface area contributed by atoms with Gasteiger partial charge in [-0.25, -0.2) is 0 Å². The summed E-state index contributed by atoms with van der Waals surface area (Å²) in [6.45, 7) is 7.77. The zero-order chi connectivity index (χ0) is 14.0. The Kier molecular flexibility index (Phi) is 3.80. The standard InChI is InChI=1S/C13H18N4OS/c1-9(11(18)14-13(2,3)4)19-12-16-15-10-7-5-6-8-17(10)12/h5-9H,1-4H3,(H,14,18). The summed E-state index contributed by atoms with van der Waals surface area (Å²) < 4.78 is 1.88. The highest BCUT2D eigenvalue weighted by Gasteiger charge is 2.21. The van der Waals surface area contributed by atoms with Gasteiger partial charge in [-0.1, -0.05) is 17.8 Å². The van der Waals surface area contributed by atoms with Crippen LogP contribution in [0.4, 0.5) is 0 Å². The number of rotatable bonds is 3. The van der Waals surface area contributed by atoms with E-state index >= 15 is 0 Å². The molecule has 0 fully saturated rings. The first kappa shape index (κ1) is 13.9. The van der Waals surface area contributed by atoms with Crippen LogP contribution >= 0.6 is 11.8 Å². The number of carbonyl (C=O) groups excluding carboxylic acids is 1. The molecule has 0 spiro atoms. The summed E-state index contributed by atoms with van der Waals surface area (Å²) in [6, 6.07) is 5.71. The number of nitrogens with zero attached hydrogens (tertiary/aromatic N) is 3. The Morgan fingerprint density at radius 2 is 2.11 bits per heavy atom. The Hall–Kier alpha value is -1.56. The van der Waals surface area contributed by atoms with Gasteiger partial charge >= 0.3 is 0 Å². The maximum atomic E-state index is 12.0. The molecule has 0 bridgehead atoms. The third kappa shape index (κ3) is 3.47. The first-order valence-electron chi connectivity index (χ1n) is 6.15. The van der Waals surface area contributed by atoms with E-state index in [9.17, 15) is 4.79 Å². The van der Waals surface area contributed by atoms with Crippen LogP contribution in [-0.4, -0.2) is 31.3 Å². The maximum absolute atomic E-state index is 12.0. The molecular weight excluding hydrogens is 260 g/mol. The van der Waals surface area contributed by atoms with Crippen LogP contribution in [0.2, 0.25) is 0 Å². The largest absolute Gasteiger partial charge is 0.351 e. The molecule has 102 valence electrons. The smallest absolute Gasteiger partial charge is 0.233 e. The summed E-state index contributed by atoms with van der Waals surface area (Å²) >= 11 is 1.41. The molecule has 1 N–H and O–H groups in total. The zero-order valence-corrected chi connectivity index (χ0v) is 12.4. The summed E-state index contributed by atoms with van der Waals surface area (Å²) in [5, 5.41) is 11.7. The van der Waals surface area contributed by atoms with E-state index < -0.39 is 0 Å². The molecule has 0 aliphatic rings. The van der Waals surface area contributed by atoms with Crippen molar-refractivity contribution < 1.29 is 4.79 Å². The summed E-state index contributed by atoms with van der Waals surface area (Å²) in [4.78, 5) is 12.0. The van der Waals surface area contributed by atoms with E-state index in [-0.39, 0.29) is 16.7 Å². The molecule has 2 aromatic heterocycles. The minimum absolute atomic E-state index is 0.00480. The number of nitrogens with one attached hydrogen (secondary N) is 1. The van der Waals surface area contributed by atoms with Crippen molar-refractivity contribution in [1.82, 2.24) is 19.9 Å². The fraction of sp³-hybridized carbons (Fsp3) is 0.462. The van der Waals surface area contributed by atoms with Crippen LogP contribution in [0.3, 0.4) is 0 Å². The molecule has 1 atom stereocenters. The molecule has 0 aromatic carbocycles. The Bertz CT molecular complexity index is 588. The highest BCUT2D eigenvalue weighted by molar-refractivity contribution is 8.00. The molecule has 5 nitrogen and oxygen atoms in total. The SMILES string of the molecule is CC(Sc1nnc2ccccn12)C(=O)NC(C)(C)C. The van der Waals surface area contributed by atoms with Crippen molar-refractivity contribution in [3.8, 4) is 0 Å². The van der Waals surface area contributed by atoms with E-state index in [0.717, 1.165) is 10.8 Å². The van der Waals surface area contributed by atoms with Crippen molar-refractivity contribution in [3.05, 3.63) is 24.4 Å². The summed E-state index contributed by atoms with van der Waals surface area (Å²) in [7, 11) is 0. The highest BCUT2D eigenvalue weighted by atomic mass is 32.2. The van der Waals surface area contributed by atoms with E-state index in [1.54, 1.807) is 0 Å². The fourth-order valence-electron chi connectivity index (χ4n) is 1.58. The number of hydrogen-bond acceptors (Lipinski definition) is 4. The molecule has 19 heavy (non-hydrogen) atoms. The predicted molar refractivity (Wildman–Crippen MR) is 76.2 cm³/mol. The van der Waals surface area contributed by atoms with Crippen LogP contribution in [0.1, 0.15) is 27.7 Å². The van der Waals surface area contributed by atoms with Crippen molar-refractivity contribution in [2.75, 3.05) is 0 Å². The molecule has 6 heteroatoms. The second-order valence-electron chi connectivity index (χ2n) is 5.41. The quantitative estimate of drug-likeness (QED) is 0.874. The van der Waals surface area contributed by atoms with E-state index in [0.29, 0.717) is 0 Å². The zero-order valence-electron chi connectivity index (χ0n) is 11.5. The van der Waals surface area contributed by atoms with Crippen molar-refractivity contribution in [3.63, 3.8) is 0 Å². The minimum Gasteiger partial charge on any atom is -0.351 e. The Labute approximate surface area is 116 Å². The molecule has 2 rings (SSSR count). The van der Waals surface area contributed by atoms with Crippen LogP contribution in [-0.2, 0) is 4.79 Å².